The Bertz CT molecular complexity index is 972. The minimum atomic E-state index is -0.692. The normalized spacial score (nSPS) is 16.7. The fourth-order valence-corrected chi connectivity index (χ4v) is 5.72. The molecule has 0 amide bonds. The topological polar surface area (TPSA) is 29.0 Å². The van der Waals surface area contributed by atoms with Crippen molar-refractivity contribution in [2.75, 3.05) is 11.4 Å². The third kappa shape index (κ3) is 3.64. The second-order valence-corrected chi connectivity index (χ2v) is 9.71. The van der Waals surface area contributed by atoms with Crippen molar-refractivity contribution in [1.29, 1.82) is 0 Å². The number of hydrogen-bond acceptors (Lipinski definition) is 3. The van der Waals surface area contributed by atoms with Crippen LogP contribution in [0.2, 0.25) is 0 Å². The number of hydrogen-bond donors (Lipinski definition) is 0. The van der Waals surface area contributed by atoms with Crippen LogP contribution in [0.15, 0.2) is 48.5 Å². The van der Waals surface area contributed by atoms with Crippen molar-refractivity contribution in [3.8, 4) is 0 Å². The van der Waals surface area contributed by atoms with Crippen LogP contribution in [0.3, 0.4) is 0 Å². The van der Waals surface area contributed by atoms with Gasteiger partial charge in [-0.2, -0.15) is 0 Å². The van der Waals surface area contributed by atoms with Gasteiger partial charge in [0.15, 0.2) is 0 Å². The van der Waals surface area contributed by atoms with Gasteiger partial charge in [0, 0.05) is 0 Å². The average Bonchev–Trinajstić information content (AvgIpc) is 2.67. The first-order chi connectivity index (χ1) is 13.0. The van der Waals surface area contributed by atoms with E-state index >= 15 is 0 Å². The zero-order valence-corrected chi connectivity index (χ0v) is 17.9. The van der Waals surface area contributed by atoms with Gasteiger partial charge in [0.25, 0.3) is 0 Å². The first-order valence-corrected chi connectivity index (χ1v) is 11.3. The summed E-state index contributed by atoms with van der Waals surface area (Å²) in [5.74, 6) is 0.846. The number of halogens is 1. The molecule has 0 aliphatic carbocycles. The molecule has 5 heteroatoms. The Kier molecular flexibility index (Phi) is 5.01. The number of aryl methyl sites for hydroxylation is 1. The first-order valence-electron chi connectivity index (χ1n) is 9.25. The van der Waals surface area contributed by atoms with Crippen molar-refractivity contribution in [2.24, 2.45) is 0 Å². The van der Waals surface area contributed by atoms with Crippen molar-refractivity contribution in [1.82, 2.24) is 9.97 Å². The molecule has 3 aromatic rings. The van der Waals surface area contributed by atoms with Gasteiger partial charge in [-0.1, -0.05) is 0 Å². The van der Waals surface area contributed by atoms with Crippen molar-refractivity contribution >= 4 is 30.5 Å². The standard InChI is InChI=1S/C22H23AsFN3/c1-14-15(2)25-22(23-18-8-10-19(24)11-9-18)26-21(14)27-13-12-17-6-4-5-7-20(17)16(27)3/h4-11,16,23H,12-13H2,1-3H3. The van der Waals surface area contributed by atoms with Crippen LogP contribution in [0.4, 0.5) is 10.2 Å². The molecule has 0 bridgehead atoms. The van der Waals surface area contributed by atoms with E-state index in [-0.39, 0.29) is 5.82 Å². The van der Waals surface area contributed by atoms with Gasteiger partial charge in [-0.3, -0.25) is 0 Å². The van der Waals surface area contributed by atoms with Crippen LogP contribution in [-0.4, -0.2) is 32.3 Å². The second-order valence-electron chi connectivity index (χ2n) is 7.03. The van der Waals surface area contributed by atoms with Gasteiger partial charge in [0.2, 0.25) is 0 Å². The van der Waals surface area contributed by atoms with Crippen molar-refractivity contribution in [3.63, 3.8) is 0 Å². The summed E-state index contributed by atoms with van der Waals surface area (Å²) in [5.41, 5.74) is 5.00. The SMILES string of the molecule is Cc1nc([AsH]c2ccc(F)cc2)nc(N2CCc3ccccc3C2C)c1C. The third-order valence-corrected chi connectivity index (χ3v) is 7.57. The summed E-state index contributed by atoms with van der Waals surface area (Å²) in [6, 6.07) is 15.7. The molecule has 0 N–H and O–H groups in total. The molecule has 1 aliphatic rings. The molecule has 2 heterocycles. The number of benzene rings is 2. The Hall–Kier alpha value is -2.19. The van der Waals surface area contributed by atoms with E-state index in [1.54, 1.807) is 0 Å². The average molecular weight is 423 g/mol. The number of anilines is 1. The van der Waals surface area contributed by atoms with Crippen LogP contribution in [0, 0.1) is 19.7 Å². The third-order valence-electron chi connectivity index (χ3n) is 5.33. The van der Waals surface area contributed by atoms with Crippen LogP contribution in [0.1, 0.15) is 35.3 Å². The molecule has 0 fully saturated rings. The van der Waals surface area contributed by atoms with Gasteiger partial charge in [-0.25, -0.2) is 0 Å². The van der Waals surface area contributed by atoms with Crippen molar-refractivity contribution in [2.45, 2.75) is 33.2 Å². The van der Waals surface area contributed by atoms with E-state index in [2.05, 4.69) is 49.9 Å². The predicted molar refractivity (Wildman–Crippen MR) is 110 cm³/mol. The summed E-state index contributed by atoms with van der Waals surface area (Å²) in [6.45, 7) is 7.39. The predicted octanol–water partition coefficient (Wildman–Crippen LogP) is 2.74. The quantitative estimate of drug-likeness (QED) is 0.607. The van der Waals surface area contributed by atoms with Crippen LogP contribution >= 0.6 is 0 Å². The van der Waals surface area contributed by atoms with E-state index in [1.807, 2.05) is 12.1 Å². The number of nitrogens with zero attached hydrogens (tertiary/aromatic N) is 3. The molecule has 0 saturated heterocycles. The van der Waals surface area contributed by atoms with Crippen LogP contribution in [-0.2, 0) is 6.42 Å². The van der Waals surface area contributed by atoms with Gasteiger partial charge in [0.05, 0.1) is 0 Å². The zero-order valence-electron chi connectivity index (χ0n) is 15.8. The molecule has 2 aromatic carbocycles. The molecular weight excluding hydrogens is 400 g/mol. The summed E-state index contributed by atoms with van der Waals surface area (Å²) in [4.78, 5) is 12.1. The Morgan fingerprint density at radius 2 is 1.78 bits per heavy atom. The van der Waals surface area contributed by atoms with E-state index in [1.165, 1.54) is 23.3 Å². The fraction of sp³-hybridized carbons (Fsp3) is 0.273. The Labute approximate surface area is 166 Å². The molecule has 2 atom stereocenters. The Balaban J connectivity index is 1.68. The molecule has 27 heavy (non-hydrogen) atoms. The summed E-state index contributed by atoms with van der Waals surface area (Å²) in [6.07, 6.45) is 1.03. The molecule has 1 aliphatic heterocycles. The summed E-state index contributed by atoms with van der Waals surface area (Å²) in [7, 11) is 0. The van der Waals surface area contributed by atoms with Gasteiger partial charge in [-0.05, 0) is 0 Å². The van der Waals surface area contributed by atoms with Gasteiger partial charge >= 0.3 is 166 Å². The molecule has 0 saturated carbocycles. The Morgan fingerprint density at radius 1 is 1.04 bits per heavy atom. The van der Waals surface area contributed by atoms with Crippen molar-refractivity contribution < 1.29 is 4.39 Å². The Morgan fingerprint density at radius 3 is 2.56 bits per heavy atom. The fourth-order valence-electron chi connectivity index (χ4n) is 3.67. The van der Waals surface area contributed by atoms with Gasteiger partial charge in [-0.15, -0.1) is 0 Å². The number of fused-ring (bicyclic) bond motifs is 1. The number of rotatable bonds is 3. The van der Waals surface area contributed by atoms with Gasteiger partial charge in [0.1, 0.15) is 0 Å². The first kappa shape index (κ1) is 18.2. The molecule has 1 aromatic heterocycles. The van der Waals surface area contributed by atoms with E-state index in [4.69, 9.17) is 9.97 Å². The van der Waals surface area contributed by atoms with Crippen LogP contribution in [0.5, 0.6) is 0 Å². The minimum absolute atomic E-state index is 0.201. The summed E-state index contributed by atoms with van der Waals surface area (Å²) in [5, 5.41) is 0. The van der Waals surface area contributed by atoms with E-state index in [0.29, 0.717) is 6.04 Å². The van der Waals surface area contributed by atoms with Crippen molar-refractivity contribution in [3.05, 3.63) is 76.7 Å². The molecule has 138 valence electrons. The molecular formula is C22H23AsFN3. The molecule has 0 radical (unpaired) electrons. The number of aromatic nitrogens is 2. The summed E-state index contributed by atoms with van der Waals surface area (Å²) < 4.78 is 15.2. The second kappa shape index (κ2) is 7.44. The maximum absolute atomic E-state index is 13.2. The molecule has 3 nitrogen and oxygen atoms in total. The summed E-state index contributed by atoms with van der Waals surface area (Å²) >= 11 is -0.692. The monoisotopic (exact) mass is 423 g/mol. The van der Waals surface area contributed by atoms with Crippen LogP contribution in [0.25, 0.3) is 0 Å². The van der Waals surface area contributed by atoms with Crippen LogP contribution < -0.4 is 13.9 Å². The molecule has 2 unspecified atom stereocenters. The maximum atomic E-state index is 13.2. The zero-order chi connectivity index (χ0) is 19.0. The van der Waals surface area contributed by atoms with E-state index in [9.17, 15) is 4.39 Å². The van der Waals surface area contributed by atoms with Gasteiger partial charge < -0.3 is 0 Å². The molecule has 0 spiro atoms. The molecule has 4 rings (SSSR count). The van der Waals surface area contributed by atoms with E-state index in [0.717, 1.165) is 39.0 Å². The van der Waals surface area contributed by atoms with E-state index < -0.39 is 15.8 Å².